The predicted molar refractivity (Wildman–Crippen MR) is 221 cm³/mol. The zero-order valence-electron chi connectivity index (χ0n) is 28.5. The van der Waals surface area contributed by atoms with Gasteiger partial charge in [0.2, 0.25) is 0 Å². The minimum Gasteiger partial charge on any atom is -0.458 e. The summed E-state index contributed by atoms with van der Waals surface area (Å²) < 4.78 is 12.0. The SMILES string of the molecule is c1ccc(N(c2ccccc2)c2cc3c4c(c2)-n2c5cc6c(cc5c5cccc(c52)B4c2ccccc2O3)c2cccc3c4ccccc4n6c32)cc1. The quantitative estimate of drug-likeness (QED) is 0.174. The molecule has 4 nitrogen and oxygen atoms in total. The molecule has 53 heavy (non-hydrogen) atoms. The molecule has 11 aromatic rings. The van der Waals surface area contributed by atoms with Gasteiger partial charge in [-0.2, -0.15) is 0 Å². The van der Waals surface area contributed by atoms with Crippen LogP contribution in [0, 0.1) is 0 Å². The molecule has 5 heterocycles. The third kappa shape index (κ3) is 3.47. The van der Waals surface area contributed by atoms with Gasteiger partial charge >= 0.3 is 0 Å². The maximum Gasteiger partial charge on any atom is 0.256 e. The molecule has 0 bridgehead atoms. The molecular weight excluding hydrogens is 645 g/mol. The third-order valence-corrected chi connectivity index (χ3v) is 11.8. The van der Waals surface area contributed by atoms with Crippen molar-refractivity contribution >= 4 is 100 Å². The number of ether oxygens (including phenoxy) is 1. The summed E-state index contributed by atoms with van der Waals surface area (Å²) in [5.74, 6) is 1.81. The van der Waals surface area contributed by atoms with Crippen LogP contribution in [-0.4, -0.2) is 15.7 Å². The van der Waals surface area contributed by atoms with Crippen LogP contribution in [0.1, 0.15) is 0 Å². The van der Waals surface area contributed by atoms with Crippen LogP contribution in [0.25, 0.3) is 65.6 Å². The van der Waals surface area contributed by atoms with Crippen LogP contribution >= 0.6 is 0 Å². The third-order valence-electron chi connectivity index (χ3n) is 11.8. The average molecular weight is 674 g/mol. The minimum atomic E-state index is 0.0435. The molecule has 0 saturated carbocycles. The van der Waals surface area contributed by atoms with Gasteiger partial charge in [-0.3, -0.25) is 0 Å². The van der Waals surface area contributed by atoms with Crippen molar-refractivity contribution in [2.45, 2.75) is 0 Å². The van der Waals surface area contributed by atoms with E-state index in [0.717, 1.165) is 34.2 Å². The Hall–Kier alpha value is -6.98. The Labute approximate surface area is 304 Å². The number of fused-ring (bicyclic) bond motifs is 13. The summed E-state index contributed by atoms with van der Waals surface area (Å²) in [7, 11) is 0. The lowest BCUT2D eigenvalue weighted by Gasteiger charge is -2.35. The molecule has 0 N–H and O–H groups in total. The van der Waals surface area contributed by atoms with Gasteiger partial charge in [-0.1, -0.05) is 109 Å². The fourth-order valence-electron chi connectivity index (χ4n) is 9.79. The molecule has 0 aliphatic carbocycles. The second kappa shape index (κ2) is 9.87. The second-order valence-electron chi connectivity index (χ2n) is 14.5. The molecular formula is C48H28BN3O. The van der Waals surface area contributed by atoms with E-state index in [9.17, 15) is 0 Å². The van der Waals surface area contributed by atoms with Gasteiger partial charge in [-0.05, 0) is 71.0 Å². The molecule has 0 atom stereocenters. The van der Waals surface area contributed by atoms with Gasteiger partial charge in [-0.15, -0.1) is 0 Å². The van der Waals surface area contributed by atoms with E-state index in [2.05, 4.69) is 184 Å². The van der Waals surface area contributed by atoms with Crippen LogP contribution in [0.4, 0.5) is 17.1 Å². The number of nitrogens with zero attached hydrogens (tertiary/aromatic N) is 3. The normalized spacial score (nSPS) is 13.0. The summed E-state index contributed by atoms with van der Waals surface area (Å²) in [5, 5.41) is 7.73. The highest BCUT2D eigenvalue weighted by Crippen LogP contribution is 2.45. The first kappa shape index (κ1) is 27.7. The van der Waals surface area contributed by atoms with Gasteiger partial charge in [0.1, 0.15) is 11.5 Å². The summed E-state index contributed by atoms with van der Waals surface area (Å²) in [5.41, 5.74) is 14.4. The van der Waals surface area contributed by atoms with E-state index in [1.54, 1.807) is 0 Å². The smallest absolute Gasteiger partial charge is 0.256 e. The lowest BCUT2D eigenvalue weighted by Crippen LogP contribution is -2.58. The number of hydrogen-bond acceptors (Lipinski definition) is 2. The van der Waals surface area contributed by atoms with E-state index in [1.807, 2.05) is 0 Å². The van der Waals surface area contributed by atoms with E-state index in [0.29, 0.717) is 0 Å². The number of aromatic nitrogens is 2. The Morgan fingerprint density at radius 1 is 0.415 bits per heavy atom. The molecule has 8 aromatic carbocycles. The number of benzene rings is 8. The minimum absolute atomic E-state index is 0.0435. The fraction of sp³-hybridized carbons (Fsp3) is 0. The fourth-order valence-corrected chi connectivity index (χ4v) is 9.79. The summed E-state index contributed by atoms with van der Waals surface area (Å²) in [6.45, 7) is 0.0435. The number of para-hydroxylation sites is 6. The zero-order chi connectivity index (χ0) is 34.4. The Kier molecular flexibility index (Phi) is 5.16. The van der Waals surface area contributed by atoms with Gasteiger partial charge in [-0.25, -0.2) is 0 Å². The highest BCUT2D eigenvalue weighted by molar-refractivity contribution is 6.99. The second-order valence-corrected chi connectivity index (χ2v) is 14.5. The standard InChI is InChI=1S/C48H28BN3O/c1-3-13-29(14-4-1)50(30-15-5-2-6-16-30)31-25-43-46-45(26-31)53-44-24-10-8-21-38(44)49(46)39-22-12-20-35-37-27-36-34-19-11-18-33-32-17-7-9-23-40(32)51(47(33)34)41(36)28-42(37)52(43)48(35)39/h1-28H. The molecule has 244 valence electrons. The summed E-state index contributed by atoms with van der Waals surface area (Å²) in [6.07, 6.45) is 0. The number of hydrogen-bond donors (Lipinski definition) is 0. The van der Waals surface area contributed by atoms with Crippen molar-refractivity contribution in [2.24, 2.45) is 0 Å². The maximum absolute atomic E-state index is 6.93. The Morgan fingerprint density at radius 3 is 1.85 bits per heavy atom. The molecule has 0 amide bonds. The van der Waals surface area contributed by atoms with Crippen LogP contribution in [0.3, 0.4) is 0 Å². The van der Waals surface area contributed by atoms with Crippen LogP contribution in [0.15, 0.2) is 170 Å². The van der Waals surface area contributed by atoms with Crippen LogP contribution in [0.2, 0.25) is 0 Å². The van der Waals surface area contributed by atoms with Crippen LogP contribution in [0.5, 0.6) is 11.5 Å². The Morgan fingerprint density at radius 2 is 1.04 bits per heavy atom. The van der Waals surface area contributed by atoms with E-state index in [-0.39, 0.29) is 6.71 Å². The van der Waals surface area contributed by atoms with Gasteiger partial charge in [0.05, 0.1) is 27.8 Å². The van der Waals surface area contributed by atoms with Gasteiger partial charge < -0.3 is 18.6 Å². The summed E-state index contributed by atoms with van der Waals surface area (Å²) >= 11 is 0. The van der Waals surface area contributed by atoms with Crippen molar-refractivity contribution in [1.29, 1.82) is 0 Å². The van der Waals surface area contributed by atoms with Crippen molar-refractivity contribution in [3.8, 4) is 17.2 Å². The van der Waals surface area contributed by atoms with E-state index >= 15 is 0 Å². The lowest BCUT2D eigenvalue weighted by molar-refractivity contribution is 0.487. The highest BCUT2D eigenvalue weighted by atomic mass is 16.5. The van der Waals surface area contributed by atoms with Gasteiger partial charge in [0.15, 0.2) is 0 Å². The van der Waals surface area contributed by atoms with Crippen LogP contribution < -0.4 is 26.0 Å². The molecule has 0 radical (unpaired) electrons. The Bertz CT molecular complexity index is 3290. The first-order valence-corrected chi connectivity index (χ1v) is 18.3. The van der Waals surface area contributed by atoms with Crippen molar-refractivity contribution < 1.29 is 4.74 Å². The zero-order valence-corrected chi connectivity index (χ0v) is 28.5. The van der Waals surface area contributed by atoms with Crippen molar-refractivity contribution in [1.82, 2.24) is 8.97 Å². The Balaban J connectivity index is 1.20. The molecule has 0 spiro atoms. The lowest BCUT2D eigenvalue weighted by atomic mass is 9.34. The van der Waals surface area contributed by atoms with Crippen LogP contribution in [-0.2, 0) is 0 Å². The van der Waals surface area contributed by atoms with E-state index in [4.69, 9.17) is 4.74 Å². The van der Waals surface area contributed by atoms with Crippen molar-refractivity contribution in [2.75, 3.05) is 4.90 Å². The molecule has 5 heteroatoms. The monoisotopic (exact) mass is 673 g/mol. The average Bonchev–Trinajstić information content (AvgIpc) is 3.85. The summed E-state index contributed by atoms with van der Waals surface area (Å²) in [4.78, 5) is 2.34. The first-order chi connectivity index (χ1) is 26.3. The highest BCUT2D eigenvalue weighted by Gasteiger charge is 2.41. The molecule has 2 aliphatic rings. The van der Waals surface area contributed by atoms with Gasteiger partial charge in [0.25, 0.3) is 6.71 Å². The van der Waals surface area contributed by atoms with E-state index in [1.165, 1.54) is 76.3 Å². The maximum atomic E-state index is 6.93. The molecule has 2 aliphatic heterocycles. The first-order valence-electron chi connectivity index (χ1n) is 18.3. The van der Waals surface area contributed by atoms with Crippen molar-refractivity contribution in [3.05, 3.63) is 170 Å². The largest absolute Gasteiger partial charge is 0.458 e. The van der Waals surface area contributed by atoms with Crippen molar-refractivity contribution in [3.63, 3.8) is 0 Å². The molecule has 3 aromatic heterocycles. The molecule has 0 saturated heterocycles. The topological polar surface area (TPSA) is 21.8 Å². The molecule has 13 rings (SSSR count). The van der Waals surface area contributed by atoms with Gasteiger partial charge in [0, 0.05) is 61.0 Å². The molecule has 0 unspecified atom stereocenters. The van der Waals surface area contributed by atoms with E-state index < -0.39 is 0 Å². The molecule has 0 fully saturated rings. The predicted octanol–water partition coefficient (Wildman–Crippen LogP) is 10.3. The number of rotatable bonds is 3. The summed E-state index contributed by atoms with van der Waals surface area (Å²) in [6, 6.07) is 61.9. The number of anilines is 3.